The number of imidazole rings is 1. The molecule has 1 unspecified atom stereocenters. The van der Waals surface area contributed by atoms with Crippen LogP contribution in [0.25, 0.3) is 0 Å². The van der Waals surface area contributed by atoms with Crippen molar-refractivity contribution in [2.45, 2.75) is 45.1 Å². The molecular formula is C11H21N3. The average molecular weight is 195 g/mol. The zero-order chi connectivity index (χ0) is 10.2. The normalized spacial score (nSPS) is 13.0. The Morgan fingerprint density at radius 2 is 2.29 bits per heavy atom. The van der Waals surface area contributed by atoms with Crippen LogP contribution < -0.4 is 5.32 Å². The predicted octanol–water partition coefficient (Wildman–Crippen LogP) is 2.64. The van der Waals surface area contributed by atoms with E-state index in [-0.39, 0.29) is 0 Å². The molecule has 3 heteroatoms. The molecule has 3 nitrogen and oxygen atoms in total. The number of hydrogen-bond donors (Lipinski definition) is 2. The second kappa shape index (κ2) is 6.60. The van der Waals surface area contributed by atoms with Crippen molar-refractivity contribution in [2.75, 3.05) is 7.05 Å². The zero-order valence-electron chi connectivity index (χ0n) is 9.21. The van der Waals surface area contributed by atoms with E-state index in [0.717, 1.165) is 5.82 Å². The van der Waals surface area contributed by atoms with Crippen molar-refractivity contribution < 1.29 is 0 Å². The van der Waals surface area contributed by atoms with Gasteiger partial charge in [-0.3, -0.25) is 0 Å². The van der Waals surface area contributed by atoms with E-state index in [1.54, 1.807) is 0 Å². The summed E-state index contributed by atoms with van der Waals surface area (Å²) in [6, 6.07) is 0.391. The van der Waals surface area contributed by atoms with Crippen LogP contribution >= 0.6 is 0 Å². The van der Waals surface area contributed by atoms with E-state index in [0.29, 0.717) is 6.04 Å². The van der Waals surface area contributed by atoms with E-state index in [4.69, 9.17) is 0 Å². The largest absolute Gasteiger partial charge is 0.347 e. The maximum atomic E-state index is 4.27. The third kappa shape index (κ3) is 3.50. The van der Waals surface area contributed by atoms with Crippen LogP contribution in [0.3, 0.4) is 0 Å². The van der Waals surface area contributed by atoms with Gasteiger partial charge in [-0.25, -0.2) is 4.98 Å². The van der Waals surface area contributed by atoms with Gasteiger partial charge in [-0.05, 0) is 13.5 Å². The molecule has 0 spiro atoms. The van der Waals surface area contributed by atoms with Gasteiger partial charge in [-0.1, -0.05) is 32.6 Å². The first-order valence-corrected chi connectivity index (χ1v) is 5.55. The summed E-state index contributed by atoms with van der Waals surface area (Å²) in [5.74, 6) is 1.06. The minimum Gasteiger partial charge on any atom is -0.347 e. The Morgan fingerprint density at radius 1 is 1.43 bits per heavy atom. The van der Waals surface area contributed by atoms with Gasteiger partial charge in [0.15, 0.2) is 0 Å². The lowest BCUT2D eigenvalue weighted by Crippen LogP contribution is -2.17. The highest BCUT2D eigenvalue weighted by molar-refractivity contribution is 4.94. The molecule has 0 aliphatic heterocycles. The van der Waals surface area contributed by atoms with Crippen LogP contribution in [0.15, 0.2) is 12.4 Å². The Hall–Kier alpha value is -0.830. The third-order valence-electron chi connectivity index (χ3n) is 2.54. The first kappa shape index (κ1) is 11.2. The van der Waals surface area contributed by atoms with Crippen LogP contribution in [0, 0.1) is 0 Å². The summed E-state index contributed by atoms with van der Waals surface area (Å²) in [4.78, 5) is 7.42. The molecule has 80 valence electrons. The SMILES string of the molecule is CCCCCCC(NC)c1ncc[nH]1. The smallest absolute Gasteiger partial charge is 0.123 e. The number of nitrogens with zero attached hydrogens (tertiary/aromatic N) is 1. The van der Waals surface area contributed by atoms with Crippen molar-refractivity contribution >= 4 is 0 Å². The van der Waals surface area contributed by atoms with Crippen LogP contribution in [0.4, 0.5) is 0 Å². The number of rotatable bonds is 7. The minimum atomic E-state index is 0.391. The Balaban J connectivity index is 2.26. The second-order valence-electron chi connectivity index (χ2n) is 3.67. The maximum absolute atomic E-state index is 4.27. The van der Waals surface area contributed by atoms with Gasteiger partial charge in [0, 0.05) is 12.4 Å². The third-order valence-corrected chi connectivity index (χ3v) is 2.54. The standard InChI is InChI=1S/C11H21N3/c1-3-4-5-6-7-10(12-2)11-13-8-9-14-11/h8-10,12H,3-7H2,1-2H3,(H,13,14). The summed E-state index contributed by atoms with van der Waals surface area (Å²) in [7, 11) is 1.99. The molecule has 14 heavy (non-hydrogen) atoms. The summed E-state index contributed by atoms with van der Waals surface area (Å²) in [6.07, 6.45) is 10.1. The van der Waals surface area contributed by atoms with Gasteiger partial charge in [0.05, 0.1) is 6.04 Å². The Bertz CT molecular complexity index is 218. The van der Waals surface area contributed by atoms with Crippen LogP contribution in [0.1, 0.15) is 50.9 Å². The average Bonchev–Trinajstić information content (AvgIpc) is 2.71. The van der Waals surface area contributed by atoms with Crippen molar-refractivity contribution in [1.82, 2.24) is 15.3 Å². The fourth-order valence-corrected chi connectivity index (χ4v) is 1.66. The molecule has 0 saturated heterocycles. The van der Waals surface area contributed by atoms with E-state index in [1.807, 2.05) is 19.4 Å². The summed E-state index contributed by atoms with van der Waals surface area (Å²) < 4.78 is 0. The lowest BCUT2D eigenvalue weighted by atomic mass is 10.1. The van der Waals surface area contributed by atoms with E-state index >= 15 is 0 Å². The fourth-order valence-electron chi connectivity index (χ4n) is 1.66. The number of aromatic nitrogens is 2. The molecule has 0 saturated carbocycles. The molecule has 1 aromatic rings. The maximum Gasteiger partial charge on any atom is 0.123 e. The molecule has 1 atom stereocenters. The summed E-state index contributed by atoms with van der Waals surface area (Å²) in [5, 5.41) is 3.29. The highest BCUT2D eigenvalue weighted by atomic mass is 15.0. The minimum absolute atomic E-state index is 0.391. The van der Waals surface area contributed by atoms with Gasteiger partial charge in [0.1, 0.15) is 5.82 Å². The van der Waals surface area contributed by atoms with Gasteiger partial charge < -0.3 is 10.3 Å². The first-order valence-electron chi connectivity index (χ1n) is 5.55. The molecule has 0 amide bonds. The molecule has 1 heterocycles. The van der Waals surface area contributed by atoms with Gasteiger partial charge in [-0.15, -0.1) is 0 Å². The Kier molecular flexibility index (Phi) is 5.30. The number of H-pyrrole nitrogens is 1. The number of aromatic amines is 1. The van der Waals surface area contributed by atoms with Crippen LogP contribution in [-0.4, -0.2) is 17.0 Å². The van der Waals surface area contributed by atoms with Crippen molar-refractivity contribution in [2.24, 2.45) is 0 Å². The quantitative estimate of drug-likeness (QED) is 0.657. The van der Waals surface area contributed by atoms with Crippen molar-refractivity contribution in [3.05, 3.63) is 18.2 Å². The molecule has 0 bridgehead atoms. The number of nitrogens with one attached hydrogen (secondary N) is 2. The molecule has 0 aromatic carbocycles. The van der Waals surface area contributed by atoms with Gasteiger partial charge >= 0.3 is 0 Å². The summed E-state index contributed by atoms with van der Waals surface area (Å²) in [5.41, 5.74) is 0. The van der Waals surface area contributed by atoms with Gasteiger partial charge in [0.25, 0.3) is 0 Å². The van der Waals surface area contributed by atoms with E-state index in [1.165, 1.54) is 32.1 Å². The molecule has 1 rings (SSSR count). The lowest BCUT2D eigenvalue weighted by molar-refractivity contribution is 0.487. The van der Waals surface area contributed by atoms with E-state index in [9.17, 15) is 0 Å². The predicted molar refractivity (Wildman–Crippen MR) is 59.1 cm³/mol. The number of unbranched alkanes of at least 4 members (excludes halogenated alkanes) is 3. The summed E-state index contributed by atoms with van der Waals surface area (Å²) in [6.45, 7) is 2.24. The molecular weight excluding hydrogens is 174 g/mol. The van der Waals surface area contributed by atoms with Crippen LogP contribution in [0.2, 0.25) is 0 Å². The van der Waals surface area contributed by atoms with Crippen LogP contribution in [-0.2, 0) is 0 Å². The van der Waals surface area contributed by atoms with Crippen molar-refractivity contribution in [3.8, 4) is 0 Å². The monoisotopic (exact) mass is 195 g/mol. The Morgan fingerprint density at radius 3 is 2.86 bits per heavy atom. The molecule has 0 radical (unpaired) electrons. The molecule has 1 aromatic heterocycles. The van der Waals surface area contributed by atoms with Crippen molar-refractivity contribution in [1.29, 1.82) is 0 Å². The van der Waals surface area contributed by atoms with Crippen LogP contribution in [0.5, 0.6) is 0 Å². The molecule has 0 fully saturated rings. The van der Waals surface area contributed by atoms with Crippen molar-refractivity contribution in [3.63, 3.8) is 0 Å². The fraction of sp³-hybridized carbons (Fsp3) is 0.727. The lowest BCUT2D eigenvalue weighted by Gasteiger charge is -2.12. The zero-order valence-corrected chi connectivity index (χ0v) is 9.21. The topological polar surface area (TPSA) is 40.7 Å². The highest BCUT2D eigenvalue weighted by Gasteiger charge is 2.09. The van der Waals surface area contributed by atoms with E-state index < -0.39 is 0 Å². The molecule has 0 aliphatic carbocycles. The summed E-state index contributed by atoms with van der Waals surface area (Å²) >= 11 is 0. The van der Waals surface area contributed by atoms with Gasteiger partial charge in [0.2, 0.25) is 0 Å². The first-order chi connectivity index (χ1) is 6.88. The molecule has 2 N–H and O–H groups in total. The highest BCUT2D eigenvalue weighted by Crippen LogP contribution is 2.15. The Labute approximate surface area is 86.3 Å². The molecule has 0 aliphatic rings. The second-order valence-corrected chi connectivity index (χ2v) is 3.67. The van der Waals surface area contributed by atoms with E-state index in [2.05, 4.69) is 22.2 Å². The number of hydrogen-bond acceptors (Lipinski definition) is 2. The van der Waals surface area contributed by atoms with Gasteiger partial charge in [-0.2, -0.15) is 0 Å².